The Bertz CT molecular complexity index is 663. The van der Waals surface area contributed by atoms with E-state index in [4.69, 9.17) is 5.11 Å². The molecule has 6 nitrogen and oxygen atoms in total. The molecule has 0 aliphatic carbocycles. The van der Waals surface area contributed by atoms with Crippen LogP contribution in [0.5, 0.6) is 0 Å². The number of hydrogen-bond donors (Lipinski definition) is 2. The smallest absolute Gasteiger partial charge is 0.309 e. The number of nitrogens with one attached hydrogen (secondary N) is 1. The number of carboxylic acids is 1. The van der Waals surface area contributed by atoms with Gasteiger partial charge in [-0.1, -0.05) is 6.07 Å². The fourth-order valence-corrected chi connectivity index (χ4v) is 3.40. The highest BCUT2D eigenvalue weighted by Crippen LogP contribution is 2.19. The lowest BCUT2D eigenvalue weighted by molar-refractivity contribution is -0.136. The van der Waals surface area contributed by atoms with Crippen LogP contribution in [0.3, 0.4) is 0 Å². The Balaban J connectivity index is 2.14. The van der Waals surface area contributed by atoms with Crippen molar-refractivity contribution >= 4 is 33.0 Å². The molecule has 2 N–H and O–H groups in total. The Kier molecular flexibility index (Phi) is 3.82. The first-order valence-electron chi connectivity index (χ1n) is 5.20. The molecular weight excluding hydrogens is 288 g/mol. The summed E-state index contributed by atoms with van der Waals surface area (Å²) in [6.45, 7) is 0. The van der Waals surface area contributed by atoms with Gasteiger partial charge >= 0.3 is 5.97 Å². The van der Waals surface area contributed by atoms with Crippen molar-refractivity contribution in [3.63, 3.8) is 0 Å². The predicted molar refractivity (Wildman–Crippen MR) is 70.7 cm³/mol. The van der Waals surface area contributed by atoms with E-state index < -0.39 is 16.0 Å². The minimum Gasteiger partial charge on any atom is -0.481 e. The maximum Gasteiger partial charge on any atom is 0.309 e. The number of carbonyl (C=O) groups is 1. The van der Waals surface area contributed by atoms with E-state index in [1.165, 1.54) is 24.4 Å². The average Bonchev–Trinajstić information content (AvgIpc) is 2.85. The zero-order valence-electron chi connectivity index (χ0n) is 9.61. The summed E-state index contributed by atoms with van der Waals surface area (Å²) in [7, 11) is -3.59. The van der Waals surface area contributed by atoms with Gasteiger partial charge in [-0.05, 0) is 23.6 Å². The van der Waals surface area contributed by atoms with Gasteiger partial charge in [-0.2, -0.15) is 0 Å². The van der Waals surface area contributed by atoms with Gasteiger partial charge in [0.1, 0.15) is 4.21 Å². The number of thiophene rings is 1. The van der Waals surface area contributed by atoms with Crippen LogP contribution in [-0.2, 0) is 21.2 Å². The van der Waals surface area contributed by atoms with E-state index in [0.29, 0.717) is 11.4 Å². The van der Waals surface area contributed by atoms with Crippen molar-refractivity contribution in [3.05, 3.63) is 41.5 Å². The number of aliphatic carboxylic acids is 1. The molecule has 0 aliphatic heterocycles. The third kappa shape index (κ3) is 3.52. The van der Waals surface area contributed by atoms with E-state index in [-0.39, 0.29) is 10.6 Å². The Morgan fingerprint density at radius 2 is 2.16 bits per heavy atom. The van der Waals surface area contributed by atoms with Gasteiger partial charge in [-0.25, -0.2) is 8.42 Å². The van der Waals surface area contributed by atoms with Crippen LogP contribution < -0.4 is 4.72 Å². The molecule has 0 atom stereocenters. The molecule has 0 saturated heterocycles. The number of nitrogens with zero attached hydrogens (tertiary/aromatic N) is 1. The molecule has 2 heterocycles. The molecule has 19 heavy (non-hydrogen) atoms. The standard InChI is InChI=1S/C11H10N2O4S2/c14-10(15)6-8-3-4-9(7-12-8)13-19(16,17)11-2-1-5-18-11/h1-5,7,13H,6H2,(H,14,15). The van der Waals surface area contributed by atoms with Crippen LogP contribution in [0.2, 0.25) is 0 Å². The molecule has 8 heteroatoms. The summed E-state index contributed by atoms with van der Waals surface area (Å²) in [4.78, 5) is 14.4. The van der Waals surface area contributed by atoms with E-state index in [1.54, 1.807) is 11.4 Å². The molecular formula is C11H10N2O4S2. The lowest BCUT2D eigenvalue weighted by atomic mass is 10.3. The lowest BCUT2D eigenvalue weighted by Gasteiger charge is -2.06. The molecule has 0 aromatic carbocycles. The maximum absolute atomic E-state index is 11.9. The molecule has 2 rings (SSSR count). The monoisotopic (exact) mass is 298 g/mol. The largest absolute Gasteiger partial charge is 0.481 e. The first-order chi connectivity index (χ1) is 8.97. The highest BCUT2D eigenvalue weighted by molar-refractivity contribution is 7.94. The highest BCUT2D eigenvalue weighted by Gasteiger charge is 2.15. The third-order valence-corrected chi connectivity index (χ3v) is 4.95. The van der Waals surface area contributed by atoms with Crippen molar-refractivity contribution in [1.29, 1.82) is 0 Å². The Morgan fingerprint density at radius 3 is 2.68 bits per heavy atom. The van der Waals surface area contributed by atoms with Gasteiger partial charge in [0.05, 0.1) is 24.0 Å². The minimum absolute atomic E-state index is 0.196. The summed E-state index contributed by atoms with van der Waals surface area (Å²) in [5.74, 6) is -0.987. The van der Waals surface area contributed by atoms with Crippen LogP contribution in [0, 0.1) is 0 Å². The van der Waals surface area contributed by atoms with Crippen LogP contribution >= 0.6 is 11.3 Å². The van der Waals surface area contributed by atoms with Crippen molar-refractivity contribution < 1.29 is 18.3 Å². The number of pyridine rings is 1. The SMILES string of the molecule is O=C(O)Cc1ccc(NS(=O)(=O)c2cccs2)cn1. The molecule has 2 aromatic rings. The average molecular weight is 298 g/mol. The Hall–Kier alpha value is -1.93. The lowest BCUT2D eigenvalue weighted by Crippen LogP contribution is -2.12. The third-order valence-electron chi connectivity index (χ3n) is 2.17. The zero-order valence-corrected chi connectivity index (χ0v) is 11.2. The highest BCUT2D eigenvalue weighted by atomic mass is 32.2. The fourth-order valence-electron chi connectivity index (χ4n) is 1.37. The van der Waals surface area contributed by atoms with Crippen molar-refractivity contribution in [3.8, 4) is 0 Å². The fraction of sp³-hybridized carbons (Fsp3) is 0.0909. The van der Waals surface area contributed by atoms with E-state index >= 15 is 0 Å². The van der Waals surface area contributed by atoms with Crippen LogP contribution in [0.15, 0.2) is 40.1 Å². The van der Waals surface area contributed by atoms with Crippen LogP contribution in [-0.4, -0.2) is 24.5 Å². The topological polar surface area (TPSA) is 96.4 Å². The van der Waals surface area contributed by atoms with Crippen LogP contribution in [0.25, 0.3) is 0 Å². The van der Waals surface area contributed by atoms with E-state index in [9.17, 15) is 13.2 Å². The number of hydrogen-bond acceptors (Lipinski definition) is 5. The van der Waals surface area contributed by atoms with E-state index in [0.717, 1.165) is 11.3 Å². The molecule has 2 aromatic heterocycles. The summed E-state index contributed by atoms with van der Waals surface area (Å²) < 4.78 is 26.4. The quantitative estimate of drug-likeness (QED) is 0.873. The first kappa shape index (κ1) is 13.5. The van der Waals surface area contributed by atoms with Crippen molar-refractivity contribution in [2.24, 2.45) is 0 Å². The van der Waals surface area contributed by atoms with Gasteiger partial charge in [0, 0.05) is 0 Å². The van der Waals surface area contributed by atoms with Crippen molar-refractivity contribution in [2.75, 3.05) is 4.72 Å². The molecule has 0 saturated carbocycles. The first-order valence-corrected chi connectivity index (χ1v) is 7.57. The Morgan fingerprint density at radius 1 is 1.37 bits per heavy atom. The number of sulfonamides is 1. The molecule has 100 valence electrons. The van der Waals surface area contributed by atoms with Crippen LogP contribution in [0.1, 0.15) is 5.69 Å². The van der Waals surface area contributed by atoms with Gasteiger partial charge in [-0.3, -0.25) is 14.5 Å². The summed E-state index contributed by atoms with van der Waals surface area (Å²) in [5, 5.41) is 10.3. The molecule has 0 spiro atoms. The van der Waals surface area contributed by atoms with Gasteiger partial charge in [0.15, 0.2) is 0 Å². The van der Waals surface area contributed by atoms with Crippen molar-refractivity contribution in [2.45, 2.75) is 10.6 Å². The molecule has 0 bridgehead atoms. The van der Waals surface area contributed by atoms with Gasteiger partial charge in [0.2, 0.25) is 0 Å². The van der Waals surface area contributed by atoms with Crippen LogP contribution in [0.4, 0.5) is 5.69 Å². The second-order valence-corrected chi connectivity index (χ2v) is 6.50. The van der Waals surface area contributed by atoms with E-state index in [2.05, 4.69) is 9.71 Å². The molecule has 0 radical (unpaired) electrons. The number of anilines is 1. The number of carboxylic acid groups (broad SMARTS) is 1. The number of aromatic nitrogens is 1. The molecule has 0 aliphatic rings. The maximum atomic E-state index is 11.9. The second kappa shape index (κ2) is 5.37. The normalized spacial score (nSPS) is 11.2. The summed E-state index contributed by atoms with van der Waals surface area (Å²) >= 11 is 1.11. The molecule has 0 fully saturated rings. The van der Waals surface area contributed by atoms with E-state index in [1.807, 2.05) is 0 Å². The zero-order chi connectivity index (χ0) is 13.9. The predicted octanol–water partition coefficient (Wildman–Crippen LogP) is 1.57. The van der Waals surface area contributed by atoms with Gasteiger partial charge in [-0.15, -0.1) is 11.3 Å². The minimum atomic E-state index is -3.59. The number of rotatable bonds is 5. The van der Waals surface area contributed by atoms with Crippen molar-refractivity contribution in [1.82, 2.24) is 4.98 Å². The Labute approximate surface area is 113 Å². The second-order valence-electron chi connectivity index (χ2n) is 3.65. The summed E-state index contributed by atoms with van der Waals surface area (Å²) in [6, 6.07) is 6.10. The molecule has 0 amide bonds. The summed E-state index contributed by atoms with van der Waals surface area (Å²) in [5.41, 5.74) is 0.661. The van der Waals surface area contributed by atoms with Gasteiger partial charge in [0.25, 0.3) is 10.0 Å². The molecule has 0 unspecified atom stereocenters. The summed E-state index contributed by atoms with van der Waals surface area (Å²) in [6.07, 6.45) is 1.10. The van der Waals surface area contributed by atoms with Gasteiger partial charge < -0.3 is 5.11 Å².